The molecule has 0 radical (unpaired) electrons. The van der Waals surface area contributed by atoms with Crippen LogP contribution in [0, 0.1) is 11.3 Å². The zero-order valence-electron chi connectivity index (χ0n) is 18.8. The Hall–Kier alpha value is -1.89. The molecular weight excluding hydrogens is 524 g/mol. The largest absolute Gasteiger partial charge is 0.342 e. The molecule has 0 aromatic heterocycles. The molecule has 2 aromatic carbocycles. The second-order valence-corrected chi connectivity index (χ2v) is 12.8. The third-order valence-corrected chi connectivity index (χ3v) is 6.69. The normalized spacial score (nSPS) is 14.2. The minimum absolute atomic E-state index is 0.213. The number of sulfone groups is 1. The topological polar surface area (TPSA) is 99.1 Å². The highest BCUT2D eigenvalue weighted by Gasteiger charge is 2.38. The molecule has 2 atom stereocenters. The van der Waals surface area contributed by atoms with Crippen molar-refractivity contribution < 1.29 is 17.6 Å². The fraction of sp³-hybridized carbons (Fsp3) is 0.391. The third kappa shape index (κ3) is 8.40. The van der Waals surface area contributed by atoms with Crippen LogP contribution in [-0.2, 0) is 14.6 Å². The van der Waals surface area contributed by atoms with Gasteiger partial charge in [-0.05, 0) is 42.7 Å². The Morgan fingerprint density at radius 3 is 1.97 bits per heavy atom. The summed E-state index contributed by atoms with van der Waals surface area (Å²) < 4.78 is 35.8. The van der Waals surface area contributed by atoms with Crippen molar-refractivity contribution in [3.05, 3.63) is 54.1 Å². The van der Waals surface area contributed by atoms with Crippen molar-refractivity contribution in [1.29, 1.82) is 5.26 Å². The molecule has 0 bridgehead atoms. The average molecular weight is 549 g/mol. The fourth-order valence-corrected chi connectivity index (χ4v) is 4.50. The van der Waals surface area contributed by atoms with Crippen molar-refractivity contribution in [2.75, 3.05) is 12.8 Å². The summed E-state index contributed by atoms with van der Waals surface area (Å²) in [7, 11) is -3.30. The number of halogens is 4. The van der Waals surface area contributed by atoms with E-state index < -0.39 is 37.3 Å². The summed E-state index contributed by atoms with van der Waals surface area (Å²) in [6.45, 7) is 2.41. The Kier molecular flexibility index (Phi) is 9.37. The lowest BCUT2D eigenvalue weighted by molar-refractivity contribution is -0.124. The summed E-state index contributed by atoms with van der Waals surface area (Å²) >= 11 is 18.6. The molecule has 0 saturated carbocycles. The molecule has 2 rings (SSSR count). The molecule has 184 valence electrons. The maximum atomic E-state index is 14.4. The third-order valence-electron chi connectivity index (χ3n) is 4.90. The molecule has 0 unspecified atom stereocenters. The predicted molar refractivity (Wildman–Crippen MR) is 133 cm³/mol. The van der Waals surface area contributed by atoms with Gasteiger partial charge in [-0.15, -0.1) is 0 Å². The van der Waals surface area contributed by atoms with E-state index in [9.17, 15) is 17.6 Å². The van der Waals surface area contributed by atoms with Crippen molar-refractivity contribution >= 4 is 50.5 Å². The highest BCUT2D eigenvalue weighted by molar-refractivity contribution is 7.90. The first-order chi connectivity index (χ1) is 15.6. The lowest BCUT2D eigenvalue weighted by Gasteiger charge is -2.32. The Morgan fingerprint density at radius 2 is 1.56 bits per heavy atom. The Bertz CT molecular complexity index is 1140. The number of benzene rings is 2. The molecule has 0 saturated heterocycles. The molecule has 1 amide bonds. The zero-order valence-corrected chi connectivity index (χ0v) is 21.9. The number of rotatable bonds is 9. The molecule has 0 heterocycles. The molecule has 0 aliphatic rings. The molecule has 0 fully saturated rings. The fourth-order valence-electron chi connectivity index (χ4n) is 3.31. The minimum atomic E-state index is -3.30. The summed E-state index contributed by atoms with van der Waals surface area (Å²) in [5, 5.41) is 14.1. The second-order valence-electron chi connectivity index (χ2n) is 8.41. The van der Waals surface area contributed by atoms with E-state index in [2.05, 4.69) is 10.6 Å². The molecule has 0 spiro atoms. The smallest absolute Gasteiger partial charge is 0.238 e. The van der Waals surface area contributed by atoms with Gasteiger partial charge < -0.3 is 5.32 Å². The van der Waals surface area contributed by atoms with Gasteiger partial charge >= 0.3 is 0 Å². The van der Waals surface area contributed by atoms with Crippen LogP contribution < -0.4 is 10.6 Å². The van der Waals surface area contributed by atoms with Gasteiger partial charge in [0.25, 0.3) is 0 Å². The van der Waals surface area contributed by atoms with Gasteiger partial charge in [0.15, 0.2) is 9.84 Å². The van der Waals surface area contributed by atoms with Crippen molar-refractivity contribution in [2.24, 2.45) is 0 Å². The molecule has 34 heavy (non-hydrogen) atoms. The standard InChI is InChI=1S/C23H25Cl3FN3O3S/c1-22(2,27)14-19(21(31)29-13-12-28)30-20(23(24,25)26)17-6-4-15(5-7-17)16-8-10-18(11-9-16)34(3,32)33/h4-11,19-20,30H,13-14H2,1-3H3,(H,29,31)/t19-,20-/m0/s1. The van der Waals surface area contributed by atoms with Crippen LogP contribution in [0.1, 0.15) is 31.9 Å². The summed E-state index contributed by atoms with van der Waals surface area (Å²) in [5.74, 6) is -0.589. The first kappa shape index (κ1) is 28.3. The number of amides is 1. The molecule has 0 aliphatic heterocycles. The lowest BCUT2D eigenvalue weighted by atomic mass is 9.97. The number of carbonyl (C=O) groups excluding carboxylic acids is 1. The molecule has 6 nitrogen and oxygen atoms in total. The number of carbonyl (C=O) groups is 1. The van der Waals surface area contributed by atoms with E-state index in [1.807, 2.05) is 0 Å². The van der Waals surface area contributed by atoms with E-state index in [4.69, 9.17) is 40.1 Å². The summed E-state index contributed by atoms with van der Waals surface area (Å²) in [4.78, 5) is 12.8. The van der Waals surface area contributed by atoms with E-state index in [0.29, 0.717) is 5.56 Å². The van der Waals surface area contributed by atoms with Crippen LogP contribution in [0.15, 0.2) is 53.4 Å². The summed E-state index contributed by atoms with van der Waals surface area (Å²) in [6, 6.07) is 13.1. The van der Waals surface area contributed by atoms with Crippen molar-refractivity contribution in [2.45, 2.75) is 46.7 Å². The highest BCUT2D eigenvalue weighted by Crippen LogP contribution is 2.41. The summed E-state index contributed by atoms with van der Waals surface area (Å²) in [5.41, 5.74) is 0.401. The van der Waals surface area contributed by atoms with Crippen LogP contribution in [0.4, 0.5) is 4.39 Å². The molecule has 0 aliphatic carbocycles. The van der Waals surface area contributed by atoms with Gasteiger partial charge in [0.05, 0.1) is 23.0 Å². The van der Waals surface area contributed by atoms with Crippen LogP contribution in [0.3, 0.4) is 0 Å². The molecule has 2 N–H and O–H groups in total. The van der Waals surface area contributed by atoms with E-state index in [-0.39, 0.29) is 17.9 Å². The second kappa shape index (κ2) is 11.2. The van der Waals surface area contributed by atoms with Gasteiger partial charge in [-0.3, -0.25) is 10.1 Å². The Morgan fingerprint density at radius 1 is 1.06 bits per heavy atom. The van der Waals surface area contributed by atoms with Gasteiger partial charge in [0, 0.05) is 12.7 Å². The Balaban J connectivity index is 2.33. The van der Waals surface area contributed by atoms with E-state index in [0.717, 1.165) is 17.4 Å². The maximum Gasteiger partial charge on any atom is 0.238 e. The van der Waals surface area contributed by atoms with E-state index in [1.165, 1.54) is 26.0 Å². The predicted octanol–water partition coefficient (Wildman–Crippen LogP) is 4.90. The van der Waals surface area contributed by atoms with Crippen molar-refractivity contribution in [3.8, 4) is 17.2 Å². The highest BCUT2D eigenvalue weighted by atomic mass is 35.6. The van der Waals surface area contributed by atoms with E-state index in [1.54, 1.807) is 42.5 Å². The summed E-state index contributed by atoms with van der Waals surface area (Å²) in [6.07, 6.45) is 0.921. The molecular formula is C23H25Cl3FN3O3S. The van der Waals surface area contributed by atoms with Gasteiger partial charge in [0.1, 0.15) is 12.2 Å². The lowest BCUT2D eigenvalue weighted by Crippen LogP contribution is -2.50. The van der Waals surface area contributed by atoms with Gasteiger partial charge in [0.2, 0.25) is 9.70 Å². The number of nitriles is 1. The van der Waals surface area contributed by atoms with Gasteiger partial charge in [-0.2, -0.15) is 5.26 Å². The van der Waals surface area contributed by atoms with Gasteiger partial charge in [-0.1, -0.05) is 71.2 Å². The van der Waals surface area contributed by atoms with E-state index >= 15 is 0 Å². The van der Waals surface area contributed by atoms with Crippen molar-refractivity contribution in [1.82, 2.24) is 10.6 Å². The number of nitrogens with one attached hydrogen (secondary N) is 2. The number of alkyl halides is 4. The van der Waals surface area contributed by atoms with Crippen LogP contribution >= 0.6 is 34.8 Å². The first-order valence-corrected chi connectivity index (χ1v) is 13.2. The van der Waals surface area contributed by atoms with Crippen LogP contribution in [0.2, 0.25) is 0 Å². The van der Waals surface area contributed by atoms with Crippen LogP contribution in [0.5, 0.6) is 0 Å². The zero-order chi connectivity index (χ0) is 25.7. The number of hydrogen-bond acceptors (Lipinski definition) is 5. The SMILES string of the molecule is CC(C)(F)C[C@H](N[C@@H](c1ccc(-c2ccc(S(C)(=O)=O)cc2)cc1)C(Cl)(Cl)Cl)C(=O)NCC#N. The van der Waals surface area contributed by atoms with Crippen LogP contribution in [-0.4, -0.2) is 42.6 Å². The van der Waals surface area contributed by atoms with Crippen LogP contribution in [0.25, 0.3) is 11.1 Å². The molecule has 11 heteroatoms. The maximum absolute atomic E-state index is 14.4. The quantitative estimate of drug-likeness (QED) is 0.343. The number of nitrogens with zero attached hydrogens (tertiary/aromatic N) is 1. The number of hydrogen-bond donors (Lipinski definition) is 2. The Labute approximate surface area is 214 Å². The van der Waals surface area contributed by atoms with Crippen molar-refractivity contribution in [3.63, 3.8) is 0 Å². The minimum Gasteiger partial charge on any atom is -0.342 e. The monoisotopic (exact) mass is 547 g/mol. The first-order valence-electron chi connectivity index (χ1n) is 10.2. The molecule has 2 aromatic rings. The van der Waals surface area contributed by atoms with Gasteiger partial charge in [-0.25, -0.2) is 12.8 Å². The average Bonchev–Trinajstić information content (AvgIpc) is 2.73.